The summed E-state index contributed by atoms with van der Waals surface area (Å²) < 4.78 is 1.16. The van der Waals surface area contributed by atoms with Crippen molar-refractivity contribution in [1.29, 1.82) is 0 Å². The van der Waals surface area contributed by atoms with E-state index in [1.807, 2.05) is 0 Å². The highest BCUT2D eigenvalue weighted by atomic mass is 79.9. The summed E-state index contributed by atoms with van der Waals surface area (Å²) >= 11 is 3.53. The molecule has 0 amide bonds. The van der Waals surface area contributed by atoms with E-state index in [1.165, 1.54) is 18.5 Å². The summed E-state index contributed by atoms with van der Waals surface area (Å²) in [5.74, 6) is 0.689. The van der Waals surface area contributed by atoms with Gasteiger partial charge < -0.3 is 5.73 Å². The summed E-state index contributed by atoms with van der Waals surface area (Å²) in [6.07, 6.45) is 1.24. The normalized spacial score (nSPS) is 23.6. The molecule has 0 aliphatic carbocycles. The van der Waals surface area contributed by atoms with E-state index < -0.39 is 0 Å². The molecule has 1 saturated heterocycles. The maximum Gasteiger partial charge on any atom is 0.0320 e. The molecule has 2 atom stereocenters. The Labute approximate surface area is 106 Å². The van der Waals surface area contributed by atoms with E-state index in [9.17, 15) is 0 Å². The summed E-state index contributed by atoms with van der Waals surface area (Å²) in [7, 11) is 0. The first kappa shape index (κ1) is 12.1. The van der Waals surface area contributed by atoms with Crippen LogP contribution >= 0.6 is 15.9 Å². The summed E-state index contributed by atoms with van der Waals surface area (Å²) in [6, 6.07) is 9.08. The van der Waals surface area contributed by atoms with Gasteiger partial charge in [-0.25, -0.2) is 0 Å². The van der Waals surface area contributed by atoms with Gasteiger partial charge in [0.25, 0.3) is 0 Å². The Bertz CT molecular complexity index is 354. The SMILES string of the molecule is CC(c1cccc(Br)c1)N1CCC(CN)C1. The highest BCUT2D eigenvalue weighted by Gasteiger charge is 2.25. The van der Waals surface area contributed by atoms with E-state index >= 15 is 0 Å². The van der Waals surface area contributed by atoms with E-state index in [4.69, 9.17) is 5.73 Å². The third-order valence-electron chi connectivity index (χ3n) is 3.53. The number of benzene rings is 1. The van der Waals surface area contributed by atoms with Crippen molar-refractivity contribution in [2.24, 2.45) is 11.7 Å². The molecule has 2 unspecified atom stereocenters. The molecule has 3 heteroatoms. The van der Waals surface area contributed by atoms with Gasteiger partial charge in [-0.2, -0.15) is 0 Å². The lowest BCUT2D eigenvalue weighted by molar-refractivity contribution is 0.253. The van der Waals surface area contributed by atoms with Gasteiger partial charge in [0.2, 0.25) is 0 Å². The Balaban J connectivity index is 2.05. The summed E-state index contributed by atoms with van der Waals surface area (Å²) in [6.45, 7) is 5.42. The second-order valence-electron chi connectivity index (χ2n) is 4.62. The number of hydrogen-bond acceptors (Lipinski definition) is 2. The first-order valence-corrected chi connectivity index (χ1v) is 6.69. The Morgan fingerprint density at radius 1 is 1.56 bits per heavy atom. The highest BCUT2D eigenvalue weighted by molar-refractivity contribution is 9.10. The van der Waals surface area contributed by atoms with Gasteiger partial charge in [0.05, 0.1) is 0 Å². The van der Waals surface area contributed by atoms with E-state index in [-0.39, 0.29) is 0 Å². The molecule has 1 aliphatic rings. The molecule has 0 spiro atoms. The minimum Gasteiger partial charge on any atom is -0.330 e. The van der Waals surface area contributed by atoms with Crippen LogP contribution in [0.15, 0.2) is 28.7 Å². The predicted molar refractivity (Wildman–Crippen MR) is 71.3 cm³/mol. The summed E-state index contributed by atoms with van der Waals surface area (Å²) in [5.41, 5.74) is 7.11. The molecule has 0 radical (unpaired) electrons. The highest BCUT2D eigenvalue weighted by Crippen LogP contribution is 2.28. The predicted octanol–water partition coefficient (Wildman–Crippen LogP) is 2.79. The monoisotopic (exact) mass is 282 g/mol. The van der Waals surface area contributed by atoms with Gasteiger partial charge in [0.15, 0.2) is 0 Å². The molecule has 0 aromatic heterocycles. The van der Waals surface area contributed by atoms with Crippen LogP contribution in [0, 0.1) is 5.92 Å². The third-order valence-corrected chi connectivity index (χ3v) is 4.02. The zero-order valence-corrected chi connectivity index (χ0v) is 11.3. The molecule has 0 saturated carbocycles. The Morgan fingerprint density at radius 2 is 2.38 bits per heavy atom. The van der Waals surface area contributed by atoms with Crippen LogP contribution in [-0.2, 0) is 0 Å². The van der Waals surface area contributed by atoms with E-state index in [1.54, 1.807) is 0 Å². The topological polar surface area (TPSA) is 29.3 Å². The van der Waals surface area contributed by atoms with Crippen LogP contribution in [0.2, 0.25) is 0 Å². The molecule has 2 nitrogen and oxygen atoms in total. The fraction of sp³-hybridized carbons (Fsp3) is 0.538. The van der Waals surface area contributed by atoms with Gasteiger partial charge in [0, 0.05) is 17.1 Å². The fourth-order valence-corrected chi connectivity index (χ4v) is 2.80. The fourth-order valence-electron chi connectivity index (χ4n) is 2.38. The molecule has 1 heterocycles. The van der Waals surface area contributed by atoms with E-state index in [0.717, 1.165) is 17.6 Å². The molecular formula is C13H19BrN2. The molecule has 1 fully saturated rings. The van der Waals surface area contributed by atoms with Crippen molar-refractivity contribution in [3.63, 3.8) is 0 Å². The lowest BCUT2D eigenvalue weighted by atomic mass is 10.1. The van der Waals surface area contributed by atoms with Crippen molar-refractivity contribution >= 4 is 15.9 Å². The zero-order valence-electron chi connectivity index (χ0n) is 9.70. The average Bonchev–Trinajstić information content (AvgIpc) is 2.76. The van der Waals surface area contributed by atoms with Crippen LogP contribution in [0.1, 0.15) is 24.9 Å². The van der Waals surface area contributed by atoms with Crippen LogP contribution in [-0.4, -0.2) is 24.5 Å². The quantitative estimate of drug-likeness (QED) is 0.924. The summed E-state index contributed by atoms with van der Waals surface area (Å²) in [5, 5.41) is 0. The van der Waals surface area contributed by atoms with Gasteiger partial charge in [-0.15, -0.1) is 0 Å². The zero-order chi connectivity index (χ0) is 11.5. The molecule has 1 aromatic rings. The van der Waals surface area contributed by atoms with E-state index in [2.05, 4.69) is 52.0 Å². The number of halogens is 1. The lowest BCUT2D eigenvalue weighted by Gasteiger charge is -2.24. The van der Waals surface area contributed by atoms with Crippen molar-refractivity contribution in [1.82, 2.24) is 4.90 Å². The minimum atomic E-state index is 0.494. The van der Waals surface area contributed by atoms with E-state index in [0.29, 0.717) is 12.0 Å². The largest absolute Gasteiger partial charge is 0.330 e. The molecule has 2 rings (SSSR count). The van der Waals surface area contributed by atoms with Crippen molar-refractivity contribution < 1.29 is 0 Å². The van der Waals surface area contributed by atoms with Crippen molar-refractivity contribution in [3.05, 3.63) is 34.3 Å². The standard InChI is InChI=1S/C13H19BrN2/c1-10(12-3-2-4-13(14)7-12)16-6-5-11(8-15)9-16/h2-4,7,10-11H,5-6,8-9,15H2,1H3. The Morgan fingerprint density at radius 3 is 3.00 bits per heavy atom. The molecule has 1 aliphatic heterocycles. The van der Waals surface area contributed by atoms with Crippen LogP contribution in [0.5, 0.6) is 0 Å². The first-order chi connectivity index (χ1) is 7.70. The second kappa shape index (κ2) is 5.30. The van der Waals surface area contributed by atoms with Crippen molar-refractivity contribution in [3.8, 4) is 0 Å². The van der Waals surface area contributed by atoms with Gasteiger partial charge in [0.1, 0.15) is 0 Å². The second-order valence-corrected chi connectivity index (χ2v) is 5.53. The smallest absolute Gasteiger partial charge is 0.0320 e. The van der Waals surface area contributed by atoms with Crippen LogP contribution in [0.4, 0.5) is 0 Å². The number of nitrogens with zero attached hydrogens (tertiary/aromatic N) is 1. The lowest BCUT2D eigenvalue weighted by Crippen LogP contribution is -2.26. The van der Waals surface area contributed by atoms with Crippen molar-refractivity contribution in [2.75, 3.05) is 19.6 Å². The molecule has 16 heavy (non-hydrogen) atoms. The van der Waals surface area contributed by atoms with Crippen LogP contribution in [0.25, 0.3) is 0 Å². The maximum absolute atomic E-state index is 5.72. The number of nitrogens with two attached hydrogens (primary N) is 1. The van der Waals surface area contributed by atoms with Crippen molar-refractivity contribution in [2.45, 2.75) is 19.4 Å². The van der Waals surface area contributed by atoms with Crippen LogP contribution in [0.3, 0.4) is 0 Å². The van der Waals surface area contributed by atoms with Gasteiger partial charge >= 0.3 is 0 Å². The number of likely N-dealkylation sites (tertiary alicyclic amines) is 1. The van der Waals surface area contributed by atoms with Gasteiger partial charge in [-0.05, 0) is 50.0 Å². The summed E-state index contributed by atoms with van der Waals surface area (Å²) in [4.78, 5) is 2.53. The minimum absolute atomic E-state index is 0.494. The Kier molecular flexibility index (Phi) is 4.00. The molecule has 88 valence electrons. The molecule has 1 aromatic carbocycles. The Hall–Kier alpha value is -0.380. The van der Waals surface area contributed by atoms with Gasteiger partial charge in [-0.1, -0.05) is 28.1 Å². The molecular weight excluding hydrogens is 264 g/mol. The van der Waals surface area contributed by atoms with Crippen LogP contribution < -0.4 is 5.73 Å². The molecule has 0 bridgehead atoms. The number of rotatable bonds is 3. The molecule has 2 N–H and O–H groups in total. The maximum atomic E-state index is 5.72. The average molecular weight is 283 g/mol. The van der Waals surface area contributed by atoms with Gasteiger partial charge in [-0.3, -0.25) is 4.90 Å². The number of hydrogen-bond donors (Lipinski definition) is 1. The third kappa shape index (κ3) is 2.65. The first-order valence-electron chi connectivity index (χ1n) is 5.90.